The van der Waals surface area contributed by atoms with E-state index in [-0.39, 0.29) is 11.8 Å². The first-order chi connectivity index (χ1) is 13.7. The van der Waals surface area contributed by atoms with Gasteiger partial charge in [0.05, 0.1) is 11.9 Å². The number of anilines is 1. The smallest absolute Gasteiger partial charge is 0.227 e. The van der Waals surface area contributed by atoms with Crippen molar-refractivity contribution in [3.8, 4) is 22.8 Å². The molecule has 1 amide bonds. The molecule has 0 fully saturated rings. The molecule has 0 saturated heterocycles. The Morgan fingerprint density at radius 1 is 1.29 bits per heavy atom. The second kappa shape index (κ2) is 6.70. The van der Waals surface area contributed by atoms with E-state index in [1.807, 2.05) is 31.4 Å². The van der Waals surface area contributed by atoms with Gasteiger partial charge in [-0.05, 0) is 31.4 Å². The van der Waals surface area contributed by atoms with Crippen LogP contribution in [0.4, 0.5) is 5.69 Å². The highest BCUT2D eigenvalue weighted by molar-refractivity contribution is 5.93. The second-order valence-corrected chi connectivity index (χ2v) is 7.22. The molecule has 0 radical (unpaired) electrons. The van der Waals surface area contributed by atoms with Crippen molar-refractivity contribution in [2.45, 2.75) is 19.3 Å². The van der Waals surface area contributed by atoms with Gasteiger partial charge >= 0.3 is 0 Å². The molecule has 0 spiro atoms. The van der Waals surface area contributed by atoms with E-state index in [1.54, 1.807) is 10.9 Å². The highest BCUT2D eigenvalue weighted by Crippen LogP contribution is 2.34. The summed E-state index contributed by atoms with van der Waals surface area (Å²) in [6.45, 7) is 1.07. The minimum absolute atomic E-state index is 0.0145. The molecule has 5 rings (SSSR count). The first-order valence-corrected chi connectivity index (χ1v) is 9.43. The highest BCUT2D eigenvalue weighted by Gasteiger charge is 2.29. The SMILES string of the molecule is Cn1cc(-c2n[nH]c3c2C[C@@H](C(=O)Nc2ccc4c(c2)OCCO4)CC3)cn1. The molecule has 28 heavy (non-hydrogen) atoms. The second-order valence-electron chi connectivity index (χ2n) is 7.22. The van der Waals surface area contributed by atoms with Gasteiger partial charge in [0.2, 0.25) is 5.91 Å². The number of nitrogens with zero attached hydrogens (tertiary/aromatic N) is 3. The predicted molar refractivity (Wildman–Crippen MR) is 102 cm³/mol. The van der Waals surface area contributed by atoms with Crippen LogP contribution >= 0.6 is 0 Å². The maximum Gasteiger partial charge on any atom is 0.227 e. The summed E-state index contributed by atoms with van der Waals surface area (Å²) in [4.78, 5) is 12.9. The first-order valence-electron chi connectivity index (χ1n) is 9.43. The lowest BCUT2D eigenvalue weighted by Gasteiger charge is -2.23. The average Bonchev–Trinajstić information content (AvgIpc) is 3.33. The number of ether oxygens (including phenoxy) is 2. The Kier molecular flexibility index (Phi) is 4.03. The van der Waals surface area contributed by atoms with Gasteiger partial charge in [-0.3, -0.25) is 14.6 Å². The van der Waals surface area contributed by atoms with E-state index in [1.165, 1.54) is 0 Å². The lowest BCUT2D eigenvalue weighted by Crippen LogP contribution is -2.28. The third-order valence-electron chi connectivity index (χ3n) is 5.30. The van der Waals surface area contributed by atoms with E-state index < -0.39 is 0 Å². The molecule has 2 aliphatic rings. The van der Waals surface area contributed by atoms with E-state index in [0.29, 0.717) is 31.1 Å². The van der Waals surface area contributed by atoms with E-state index in [9.17, 15) is 4.79 Å². The number of amides is 1. The van der Waals surface area contributed by atoms with E-state index in [4.69, 9.17) is 9.47 Å². The zero-order valence-electron chi connectivity index (χ0n) is 15.6. The number of hydrogen-bond acceptors (Lipinski definition) is 5. The molecular weight excluding hydrogens is 358 g/mol. The van der Waals surface area contributed by atoms with Crippen LogP contribution in [-0.2, 0) is 24.7 Å². The van der Waals surface area contributed by atoms with Crippen LogP contribution in [0.2, 0.25) is 0 Å². The fourth-order valence-corrected chi connectivity index (χ4v) is 3.87. The highest BCUT2D eigenvalue weighted by atomic mass is 16.6. The molecule has 1 aromatic carbocycles. The Morgan fingerprint density at radius 3 is 2.96 bits per heavy atom. The molecule has 0 bridgehead atoms. The summed E-state index contributed by atoms with van der Waals surface area (Å²) in [5.74, 6) is 1.30. The fraction of sp³-hybridized carbons (Fsp3) is 0.350. The molecule has 8 nitrogen and oxygen atoms in total. The summed E-state index contributed by atoms with van der Waals surface area (Å²) >= 11 is 0. The number of carbonyl (C=O) groups is 1. The van der Waals surface area contributed by atoms with Crippen molar-refractivity contribution in [2.75, 3.05) is 18.5 Å². The van der Waals surface area contributed by atoms with Gasteiger partial charge in [-0.1, -0.05) is 0 Å². The van der Waals surface area contributed by atoms with Crippen molar-refractivity contribution >= 4 is 11.6 Å². The monoisotopic (exact) mass is 379 g/mol. The van der Waals surface area contributed by atoms with Gasteiger partial charge < -0.3 is 14.8 Å². The molecule has 1 aliphatic carbocycles. The Balaban J connectivity index is 1.33. The van der Waals surface area contributed by atoms with E-state index in [0.717, 1.165) is 41.0 Å². The maximum absolute atomic E-state index is 12.9. The Hall–Kier alpha value is -3.29. The van der Waals surface area contributed by atoms with Crippen molar-refractivity contribution < 1.29 is 14.3 Å². The van der Waals surface area contributed by atoms with Crippen molar-refractivity contribution in [3.63, 3.8) is 0 Å². The van der Waals surface area contributed by atoms with Gasteiger partial charge in [0, 0.05) is 47.7 Å². The van der Waals surface area contributed by atoms with Crippen molar-refractivity contribution in [1.82, 2.24) is 20.0 Å². The number of benzene rings is 1. The summed E-state index contributed by atoms with van der Waals surface area (Å²) in [7, 11) is 1.88. The maximum atomic E-state index is 12.9. The minimum Gasteiger partial charge on any atom is -0.486 e. The van der Waals surface area contributed by atoms with E-state index >= 15 is 0 Å². The first kappa shape index (κ1) is 16.9. The number of nitrogens with one attached hydrogen (secondary N) is 2. The van der Waals surface area contributed by atoms with Gasteiger partial charge in [-0.25, -0.2) is 0 Å². The average molecular weight is 379 g/mol. The zero-order chi connectivity index (χ0) is 19.1. The number of aryl methyl sites for hydroxylation is 2. The molecule has 2 aromatic heterocycles. The minimum atomic E-state index is -0.103. The molecule has 0 unspecified atom stereocenters. The third kappa shape index (κ3) is 3.00. The summed E-state index contributed by atoms with van der Waals surface area (Å²) in [5.41, 5.74) is 4.80. The standard InChI is InChI=1S/C20H21N5O3/c1-25-11-13(10-21-25)19-15-8-12(2-4-16(15)23-24-19)20(26)22-14-3-5-17-18(9-14)28-7-6-27-17/h3,5,9-12H,2,4,6-8H2,1H3,(H,22,26)(H,23,24)/t12-/m0/s1. The molecule has 8 heteroatoms. The molecule has 0 saturated carbocycles. The predicted octanol–water partition coefficient (Wildman–Crippen LogP) is 2.33. The number of fused-ring (bicyclic) bond motifs is 2. The van der Waals surface area contributed by atoms with Gasteiger partial charge in [-0.2, -0.15) is 10.2 Å². The molecule has 144 valence electrons. The number of aromatic amines is 1. The molecule has 1 aliphatic heterocycles. The third-order valence-corrected chi connectivity index (χ3v) is 5.30. The zero-order valence-corrected chi connectivity index (χ0v) is 15.6. The van der Waals surface area contributed by atoms with Gasteiger partial charge in [0.15, 0.2) is 11.5 Å². The lowest BCUT2D eigenvalue weighted by molar-refractivity contribution is -0.120. The summed E-state index contributed by atoms with van der Waals surface area (Å²) in [6.07, 6.45) is 6.00. The molecule has 3 heterocycles. The molecule has 2 N–H and O–H groups in total. The summed E-state index contributed by atoms with van der Waals surface area (Å²) in [6, 6.07) is 5.50. The van der Waals surface area contributed by atoms with Crippen LogP contribution < -0.4 is 14.8 Å². The number of aromatic nitrogens is 4. The van der Waals surface area contributed by atoms with Crippen molar-refractivity contribution in [1.29, 1.82) is 0 Å². The number of carbonyl (C=O) groups excluding carboxylic acids is 1. The van der Waals surface area contributed by atoms with Crippen LogP contribution in [0.3, 0.4) is 0 Å². The quantitative estimate of drug-likeness (QED) is 0.728. The number of hydrogen-bond donors (Lipinski definition) is 2. The Morgan fingerprint density at radius 2 is 2.14 bits per heavy atom. The van der Waals surface area contributed by atoms with Crippen LogP contribution in [0.15, 0.2) is 30.6 Å². The van der Waals surface area contributed by atoms with Crippen LogP contribution in [-0.4, -0.2) is 39.1 Å². The normalized spacial score (nSPS) is 17.8. The fourth-order valence-electron chi connectivity index (χ4n) is 3.87. The van der Waals surface area contributed by atoms with E-state index in [2.05, 4.69) is 20.6 Å². The molecular formula is C20H21N5O3. The van der Waals surface area contributed by atoms with Crippen LogP contribution in [0.1, 0.15) is 17.7 Å². The van der Waals surface area contributed by atoms with Crippen LogP contribution in [0.25, 0.3) is 11.3 Å². The largest absolute Gasteiger partial charge is 0.486 e. The number of rotatable bonds is 3. The summed E-state index contributed by atoms with van der Waals surface area (Å²) in [5, 5.41) is 14.8. The van der Waals surface area contributed by atoms with Crippen LogP contribution in [0, 0.1) is 5.92 Å². The molecule has 3 aromatic rings. The Bertz CT molecular complexity index is 1040. The van der Waals surface area contributed by atoms with Crippen LogP contribution in [0.5, 0.6) is 11.5 Å². The van der Waals surface area contributed by atoms with Gasteiger partial charge in [0.25, 0.3) is 0 Å². The Labute approximate surface area is 161 Å². The van der Waals surface area contributed by atoms with Crippen molar-refractivity contribution in [2.24, 2.45) is 13.0 Å². The van der Waals surface area contributed by atoms with Gasteiger partial charge in [0.1, 0.15) is 13.2 Å². The van der Waals surface area contributed by atoms with Gasteiger partial charge in [-0.15, -0.1) is 0 Å². The molecule has 1 atom stereocenters. The topological polar surface area (TPSA) is 94.1 Å². The number of H-pyrrole nitrogens is 1. The lowest BCUT2D eigenvalue weighted by atomic mass is 9.85. The summed E-state index contributed by atoms with van der Waals surface area (Å²) < 4.78 is 12.9. The van der Waals surface area contributed by atoms with Crippen molar-refractivity contribution in [3.05, 3.63) is 41.9 Å².